The van der Waals surface area contributed by atoms with Crippen LogP contribution in [0.25, 0.3) is 0 Å². The number of phosphoric acid groups is 1. The van der Waals surface area contributed by atoms with Crippen LogP contribution in [0.3, 0.4) is 0 Å². The lowest BCUT2D eigenvalue weighted by Crippen LogP contribution is -2.32. The molecule has 2 amide bonds. The Morgan fingerprint density at radius 3 is 2.21 bits per heavy atom. The van der Waals surface area contributed by atoms with Crippen molar-refractivity contribution in [2.45, 2.75) is 78.7 Å². The molecule has 1 atom stereocenters. The Bertz CT molecular complexity index is 636. The van der Waals surface area contributed by atoms with Crippen molar-refractivity contribution in [2.75, 3.05) is 32.9 Å². The number of hydrogen-bond acceptors (Lipinski definition) is 8. The van der Waals surface area contributed by atoms with Crippen molar-refractivity contribution in [1.29, 1.82) is 0 Å². The molecule has 0 bridgehead atoms. The normalized spacial score (nSPS) is 13.3. The van der Waals surface area contributed by atoms with Gasteiger partial charge in [-0.15, -0.1) is 0 Å². The maximum atomic E-state index is 11.7. The Hall–Kier alpha value is -1.68. The molecule has 0 saturated heterocycles. The zero-order chi connectivity index (χ0) is 25.3. The third-order valence-electron chi connectivity index (χ3n) is 3.95. The van der Waals surface area contributed by atoms with Crippen LogP contribution in [0.15, 0.2) is 0 Å². The second kappa shape index (κ2) is 16.9. The molecule has 1 unspecified atom stereocenters. The average molecular weight is 497 g/mol. The van der Waals surface area contributed by atoms with Gasteiger partial charge in [0.15, 0.2) is 0 Å². The van der Waals surface area contributed by atoms with Gasteiger partial charge in [0.1, 0.15) is 12.2 Å². The zero-order valence-corrected chi connectivity index (χ0v) is 21.4. The molecule has 3 N–H and O–H groups in total. The summed E-state index contributed by atoms with van der Waals surface area (Å²) in [5.74, 6) is -0.177. The molecule has 0 radical (unpaired) electrons. The molecule has 0 aromatic heterocycles. The molecule has 12 heteroatoms. The van der Waals surface area contributed by atoms with E-state index in [2.05, 4.69) is 10.6 Å². The van der Waals surface area contributed by atoms with Crippen molar-refractivity contribution in [1.82, 2.24) is 10.6 Å². The van der Waals surface area contributed by atoms with Gasteiger partial charge >= 0.3 is 19.9 Å². The third kappa shape index (κ3) is 21.9. The van der Waals surface area contributed by atoms with Crippen molar-refractivity contribution in [3.63, 3.8) is 0 Å². The highest BCUT2D eigenvalue weighted by Gasteiger charge is 2.21. The summed E-state index contributed by atoms with van der Waals surface area (Å²) in [6.45, 7) is 9.28. The summed E-state index contributed by atoms with van der Waals surface area (Å²) in [6.07, 6.45) is 2.86. The van der Waals surface area contributed by atoms with Gasteiger partial charge in [0.2, 0.25) is 5.91 Å². The summed E-state index contributed by atoms with van der Waals surface area (Å²) in [7, 11) is -4.29. The lowest BCUT2D eigenvalue weighted by Gasteiger charge is -2.19. The van der Waals surface area contributed by atoms with Gasteiger partial charge in [-0.05, 0) is 46.0 Å². The van der Waals surface area contributed by atoms with Crippen molar-refractivity contribution >= 4 is 25.8 Å². The molecule has 0 aromatic carbocycles. The van der Waals surface area contributed by atoms with Crippen LogP contribution < -0.4 is 10.6 Å². The SMILES string of the molecule is CC(C)CCC(=O)NCCOP(=O)(O)OCCOC(=O)CCCCCNC(=O)OC(C)(C)C. The minimum absolute atomic E-state index is 0.0904. The molecule has 0 spiro atoms. The second-order valence-electron chi connectivity index (χ2n) is 8.88. The molecule has 194 valence electrons. The molecule has 0 aliphatic carbocycles. The number of nitrogens with one attached hydrogen (secondary N) is 2. The number of rotatable bonds is 17. The molecule has 0 heterocycles. The highest BCUT2D eigenvalue weighted by Crippen LogP contribution is 2.42. The fourth-order valence-electron chi connectivity index (χ4n) is 2.35. The van der Waals surface area contributed by atoms with E-state index in [1.165, 1.54) is 0 Å². The van der Waals surface area contributed by atoms with E-state index in [9.17, 15) is 23.8 Å². The van der Waals surface area contributed by atoms with Gasteiger partial charge in [0, 0.05) is 25.9 Å². The zero-order valence-electron chi connectivity index (χ0n) is 20.5. The summed E-state index contributed by atoms with van der Waals surface area (Å²) < 4.78 is 31.3. The number of esters is 1. The van der Waals surface area contributed by atoms with E-state index in [0.29, 0.717) is 31.7 Å². The molecule has 0 saturated carbocycles. The first kappa shape index (κ1) is 31.3. The topological polar surface area (TPSA) is 149 Å². The number of carbonyl (C=O) groups is 3. The lowest BCUT2D eigenvalue weighted by molar-refractivity contribution is -0.144. The Morgan fingerprint density at radius 2 is 1.58 bits per heavy atom. The van der Waals surface area contributed by atoms with Crippen LogP contribution in [0.1, 0.15) is 73.1 Å². The largest absolute Gasteiger partial charge is 0.472 e. The number of hydrogen-bond donors (Lipinski definition) is 3. The summed E-state index contributed by atoms with van der Waals surface area (Å²) in [5, 5.41) is 5.23. The summed E-state index contributed by atoms with van der Waals surface area (Å²) in [6, 6.07) is 0. The van der Waals surface area contributed by atoms with Gasteiger partial charge in [0.05, 0.1) is 13.2 Å². The minimum Gasteiger partial charge on any atom is -0.463 e. The predicted molar refractivity (Wildman–Crippen MR) is 122 cm³/mol. The number of phosphoric ester groups is 1. The molecule has 0 fully saturated rings. The number of alkyl carbamates (subject to hydrolysis) is 1. The highest BCUT2D eigenvalue weighted by molar-refractivity contribution is 7.47. The smallest absolute Gasteiger partial charge is 0.463 e. The van der Waals surface area contributed by atoms with Crippen LogP contribution in [0, 0.1) is 5.92 Å². The van der Waals surface area contributed by atoms with E-state index >= 15 is 0 Å². The minimum atomic E-state index is -4.29. The Balaban J connectivity index is 3.69. The van der Waals surface area contributed by atoms with Crippen LogP contribution in [-0.2, 0) is 32.7 Å². The highest BCUT2D eigenvalue weighted by atomic mass is 31.2. The van der Waals surface area contributed by atoms with Gasteiger partial charge in [-0.2, -0.15) is 0 Å². The molecule has 0 aliphatic rings. The predicted octanol–water partition coefficient (Wildman–Crippen LogP) is 3.30. The fraction of sp³-hybridized carbons (Fsp3) is 0.857. The molecule has 0 aromatic rings. The Morgan fingerprint density at radius 1 is 0.909 bits per heavy atom. The Labute approximate surface area is 196 Å². The average Bonchev–Trinajstić information content (AvgIpc) is 2.68. The van der Waals surface area contributed by atoms with E-state index in [0.717, 1.165) is 12.8 Å². The van der Waals surface area contributed by atoms with Crippen LogP contribution in [0.4, 0.5) is 4.79 Å². The van der Waals surface area contributed by atoms with Crippen LogP contribution in [-0.4, -0.2) is 61.4 Å². The number of ether oxygens (including phenoxy) is 2. The molecule has 33 heavy (non-hydrogen) atoms. The Kier molecular flexibility index (Phi) is 16.0. The molecular formula is C21H41N2O9P. The van der Waals surface area contributed by atoms with Gasteiger partial charge in [0.25, 0.3) is 0 Å². The summed E-state index contributed by atoms with van der Waals surface area (Å²) in [4.78, 5) is 44.3. The van der Waals surface area contributed by atoms with E-state index in [-0.39, 0.29) is 38.7 Å². The number of carbonyl (C=O) groups excluding carboxylic acids is 3. The second-order valence-corrected chi connectivity index (χ2v) is 10.3. The molecular weight excluding hydrogens is 455 g/mol. The van der Waals surface area contributed by atoms with Crippen LogP contribution >= 0.6 is 7.82 Å². The lowest BCUT2D eigenvalue weighted by atomic mass is 10.1. The number of unbranched alkanes of at least 4 members (excludes halogenated alkanes) is 2. The van der Waals surface area contributed by atoms with Crippen LogP contribution in [0.2, 0.25) is 0 Å². The standard InChI is InChI=1S/C21H41N2O9P/c1-17(2)10-11-18(24)22-13-14-30-33(27,28)31-16-15-29-19(25)9-7-6-8-12-23-20(26)32-21(3,4)5/h17H,6-16H2,1-5H3,(H,22,24)(H,23,26)(H,27,28). The number of amides is 2. The van der Waals surface area contributed by atoms with E-state index in [4.69, 9.17) is 18.5 Å². The van der Waals surface area contributed by atoms with Gasteiger partial charge < -0.3 is 25.0 Å². The van der Waals surface area contributed by atoms with Crippen molar-refractivity contribution in [3.8, 4) is 0 Å². The van der Waals surface area contributed by atoms with Crippen LogP contribution in [0.5, 0.6) is 0 Å². The van der Waals surface area contributed by atoms with Crippen molar-refractivity contribution in [3.05, 3.63) is 0 Å². The van der Waals surface area contributed by atoms with E-state index < -0.39 is 25.5 Å². The maximum Gasteiger partial charge on any atom is 0.472 e. The third-order valence-corrected chi connectivity index (χ3v) is 4.97. The first-order chi connectivity index (χ1) is 15.3. The quantitative estimate of drug-likeness (QED) is 0.157. The molecule has 0 aliphatic heterocycles. The summed E-state index contributed by atoms with van der Waals surface area (Å²) in [5.41, 5.74) is -0.544. The first-order valence-electron chi connectivity index (χ1n) is 11.3. The van der Waals surface area contributed by atoms with Gasteiger partial charge in [-0.25, -0.2) is 9.36 Å². The molecule has 0 rings (SSSR count). The van der Waals surface area contributed by atoms with Crippen molar-refractivity contribution in [2.24, 2.45) is 5.92 Å². The fourth-order valence-corrected chi connectivity index (χ4v) is 3.05. The first-order valence-corrected chi connectivity index (χ1v) is 12.8. The van der Waals surface area contributed by atoms with Gasteiger partial charge in [-0.1, -0.05) is 20.3 Å². The van der Waals surface area contributed by atoms with E-state index in [1.54, 1.807) is 20.8 Å². The van der Waals surface area contributed by atoms with E-state index in [1.807, 2.05) is 13.8 Å². The van der Waals surface area contributed by atoms with Gasteiger partial charge in [-0.3, -0.25) is 18.6 Å². The van der Waals surface area contributed by atoms with Crippen molar-refractivity contribution < 1.29 is 42.4 Å². The summed E-state index contributed by atoms with van der Waals surface area (Å²) >= 11 is 0. The monoisotopic (exact) mass is 496 g/mol. The maximum absolute atomic E-state index is 11.7. The molecule has 11 nitrogen and oxygen atoms in total.